The van der Waals surface area contributed by atoms with Crippen LogP contribution in [0, 0.1) is 12.7 Å². The summed E-state index contributed by atoms with van der Waals surface area (Å²) >= 11 is 0. The van der Waals surface area contributed by atoms with Gasteiger partial charge >= 0.3 is 6.03 Å². The Morgan fingerprint density at radius 1 is 1.16 bits per heavy atom. The quantitative estimate of drug-likeness (QED) is 0.596. The van der Waals surface area contributed by atoms with Gasteiger partial charge in [-0.2, -0.15) is 0 Å². The highest BCUT2D eigenvalue weighted by Gasteiger charge is 2.35. The van der Waals surface area contributed by atoms with E-state index in [1.54, 1.807) is 17.9 Å². The summed E-state index contributed by atoms with van der Waals surface area (Å²) in [6.45, 7) is 5.05. The number of benzene rings is 1. The number of aromatic nitrogens is 1. The van der Waals surface area contributed by atoms with Gasteiger partial charge < -0.3 is 9.80 Å². The fourth-order valence-electron chi connectivity index (χ4n) is 4.81. The van der Waals surface area contributed by atoms with Crippen molar-refractivity contribution in [2.75, 3.05) is 19.6 Å². The average Bonchev–Trinajstić information content (AvgIpc) is 3.14. The Hall–Kier alpha value is -2.76. The number of urea groups is 1. The van der Waals surface area contributed by atoms with Gasteiger partial charge in [-0.3, -0.25) is 9.78 Å². The van der Waals surface area contributed by atoms with Crippen molar-refractivity contribution in [3.8, 4) is 0 Å². The highest BCUT2D eigenvalue weighted by atomic mass is 19.1. The number of Topliss-reactive ketones (excluding diaryl/α,β-unsaturated/α-hetero) is 1. The van der Waals surface area contributed by atoms with Crippen LogP contribution in [0.1, 0.15) is 66.7 Å². The topological polar surface area (TPSA) is 53.5 Å². The zero-order valence-electron chi connectivity index (χ0n) is 19.1. The number of amides is 2. The Balaban J connectivity index is 1.38. The number of nitrogens with zero attached hydrogens (tertiary/aromatic N) is 3. The lowest BCUT2D eigenvalue weighted by Crippen LogP contribution is -2.36. The summed E-state index contributed by atoms with van der Waals surface area (Å²) in [7, 11) is 0. The summed E-state index contributed by atoms with van der Waals surface area (Å²) < 4.78 is 14.2. The Morgan fingerprint density at radius 2 is 1.97 bits per heavy atom. The van der Waals surface area contributed by atoms with Crippen LogP contribution in [0.3, 0.4) is 0 Å². The molecule has 2 aliphatic rings. The van der Waals surface area contributed by atoms with Crippen molar-refractivity contribution in [2.45, 2.75) is 64.8 Å². The predicted octanol–water partition coefficient (Wildman–Crippen LogP) is 4.80. The minimum absolute atomic E-state index is 0.0132. The Labute approximate surface area is 189 Å². The van der Waals surface area contributed by atoms with Gasteiger partial charge in [0.25, 0.3) is 0 Å². The van der Waals surface area contributed by atoms with Gasteiger partial charge in [0.05, 0.1) is 6.04 Å². The summed E-state index contributed by atoms with van der Waals surface area (Å²) in [5.74, 6) is -0.321. The van der Waals surface area contributed by atoms with E-state index in [0.717, 1.165) is 31.4 Å². The van der Waals surface area contributed by atoms with Crippen molar-refractivity contribution in [2.24, 2.45) is 0 Å². The molecule has 2 aromatic rings. The number of rotatable bonds is 8. The number of hydrogen-bond donors (Lipinski definition) is 0. The van der Waals surface area contributed by atoms with Crippen molar-refractivity contribution in [3.05, 3.63) is 64.2 Å². The lowest BCUT2D eigenvalue weighted by molar-refractivity contribution is -0.118. The maximum atomic E-state index is 14.2. The molecule has 1 aliphatic carbocycles. The van der Waals surface area contributed by atoms with Crippen LogP contribution in [-0.4, -0.2) is 46.2 Å². The number of pyridine rings is 1. The molecule has 0 unspecified atom stereocenters. The molecule has 1 fully saturated rings. The summed E-state index contributed by atoms with van der Waals surface area (Å²) in [5, 5.41) is 0. The number of carbonyl (C=O) groups excluding carboxylic acids is 2. The van der Waals surface area contributed by atoms with Gasteiger partial charge in [-0.15, -0.1) is 0 Å². The molecule has 1 saturated heterocycles. The number of halogens is 1. The highest BCUT2D eigenvalue weighted by molar-refractivity contribution is 5.80. The third kappa shape index (κ3) is 5.00. The summed E-state index contributed by atoms with van der Waals surface area (Å²) in [5.41, 5.74) is 4.96. The summed E-state index contributed by atoms with van der Waals surface area (Å²) in [6, 6.07) is 8.83. The van der Waals surface area contributed by atoms with Crippen LogP contribution in [0.4, 0.5) is 9.18 Å². The molecule has 1 aromatic carbocycles. The Morgan fingerprint density at radius 3 is 2.75 bits per heavy atom. The Bertz CT molecular complexity index is 1010. The predicted molar refractivity (Wildman–Crippen MR) is 122 cm³/mol. The molecule has 0 N–H and O–H groups in total. The standard InChI is InChI=1S/C26H32FN3O2/c1-18-9-10-21(17-23(18)27)25(16-19(2)31)30-15-14-29(26(30)32)13-5-7-22-12-11-20-6-3-4-8-24(20)28-22/h9-12,17,25H,3-8,13-16H2,1-2H3/t25-/m1/s1. The maximum Gasteiger partial charge on any atom is 0.320 e. The second-order valence-corrected chi connectivity index (χ2v) is 9.11. The van der Waals surface area contributed by atoms with Crippen molar-refractivity contribution < 1.29 is 14.0 Å². The lowest BCUT2D eigenvalue weighted by atomic mass is 9.95. The molecule has 1 atom stereocenters. The molecule has 6 heteroatoms. The van der Waals surface area contributed by atoms with Crippen LogP contribution < -0.4 is 0 Å². The number of hydrogen-bond acceptors (Lipinski definition) is 3. The normalized spacial score (nSPS) is 16.9. The average molecular weight is 438 g/mol. The van der Waals surface area contributed by atoms with Gasteiger partial charge in [0, 0.05) is 37.4 Å². The first-order valence-electron chi connectivity index (χ1n) is 11.7. The minimum Gasteiger partial charge on any atom is -0.323 e. The van der Waals surface area contributed by atoms with Crippen LogP contribution in [0.2, 0.25) is 0 Å². The first kappa shape index (κ1) is 22.4. The molecule has 2 amide bonds. The third-order valence-corrected chi connectivity index (χ3v) is 6.66. The second-order valence-electron chi connectivity index (χ2n) is 9.11. The molecule has 0 saturated carbocycles. The van der Waals surface area contributed by atoms with Gasteiger partial charge in [-0.25, -0.2) is 9.18 Å². The Kier molecular flexibility index (Phi) is 6.87. The van der Waals surface area contributed by atoms with Crippen LogP contribution >= 0.6 is 0 Å². The minimum atomic E-state index is -0.428. The molecular formula is C26H32FN3O2. The molecule has 32 heavy (non-hydrogen) atoms. The van der Waals surface area contributed by atoms with Crippen LogP contribution in [0.5, 0.6) is 0 Å². The van der Waals surface area contributed by atoms with Gasteiger partial charge in [0.1, 0.15) is 11.6 Å². The van der Waals surface area contributed by atoms with E-state index in [4.69, 9.17) is 4.98 Å². The van der Waals surface area contributed by atoms with E-state index >= 15 is 0 Å². The molecule has 5 nitrogen and oxygen atoms in total. The molecule has 0 spiro atoms. The largest absolute Gasteiger partial charge is 0.323 e. The van der Waals surface area contributed by atoms with E-state index in [1.165, 1.54) is 37.1 Å². The second kappa shape index (κ2) is 9.80. The van der Waals surface area contributed by atoms with Gasteiger partial charge in [-0.1, -0.05) is 18.2 Å². The third-order valence-electron chi connectivity index (χ3n) is 6.66. The van der Waals surface area contributed by atoms with E-state index in [0.29, 0.717) is 30.8 Å². The molecule has 0 bridgehead atoms. The van der Waals surface area contributed by atoms with Crippen LogP contribution in [-0.2, 0) is 24.1 Å². The first-order chi connectivity index (χ1) is 15.4. The van der Waals surface area contributed by atoms with E-state index in [9.17, 15) is 14.0 Å². The number of fused-ring (bicyclic) bond motifs is 1. The van der Waals surface area contributed by atoms with E-state index < -0.39 is 6.04 Å². The molecule has 1 aliphatic heterocycles. The molecule has 170 valence electrons. The zero-order valence-corrected chi connectivity index (χ0v) is 19.1. The van der Waals surface area contributed by atoms with E-state index in [2.05, 4.69) is 12.1 Å². The number of aryl methyl sites for hydroxylation is 4. The van der Waals surface area contributed by atoms with Gasteiger partial charge in [0.2, 0.25) is 0 Å². The van der Waals surface area contributed by atoms with E-state index in [-0.39, 0.29) is 24.1 Å². The molecule has 4 rings (SSSR count). The molecular weight excluding hydrogens is 405 g/mol. The first-order valence-corrected chi connectivity index (χ1v) is 11.7. The van der Waals surface area contributed by atoms with Crippen LogP contribution in [0.25, 0.3) is 0 Å². The van der Waals surface area contributed by atoms with Crippen molar-refractivity contribution >= 4 is 11.8 Å². The van der Waals surface area contributed by atoms with Gasteiger partial charge in [-0.05, 0) is 81.2 Å². The fraction of sp³-hybridized carbons (Fsp3) is 0.500. The molecule has 1 aromatic heterocycles. The SMILES string of the molecule is CC(=O)C[C@H](c1ccc(C)c(F)c1)N1CCN(CCCc2ccc3c(n2)CCCC3)C1=O. The maximum absolute atomic E-state index is 14.2. The van der Waals surface area contributed by atoms with E-state index in [1.807, 2.05) is 11.0 Å². The van der Waals surface area contributed by atoms with Crippen molar-refractivity contribution in [3.63, 3.8) is 0 Å². The monoisotopic (exact) mass is 437 g/mol. The molecule has 0 radical (unpaired) electrons. The van der Waals surface area contributed by atoms with Gasteiger partial charge in [0.15, 0.2) is 0 Å². The smallest absolute Gasteiger partial charge is 0.320 e. The number of ketones is 1. The lowest BCUT2D eigenvalue weighted by Gasteiger charge is -2.28. The summed E-state index contributed by atoms with van der Waals surface area (Å²) in [6.07, 6.45) is 6.56. The van der Waals surface area contributed by atoms with Crippen LogP contribution in [0.15, 0.2) is 30.3 Å². The van der Waals surface area contributed by atoms with Crippen molar-refractivity contribution in [1.82, 2.24) is 14.8 Å². The fourth-order valence-corrected chi connectivity index (χ4v) is 4.81. The molecule has 2 heterocycles. The number of carbonyl (C=O) groups is 2. The highest BCUT2D eigenvalue weighted by Crippen LogP contribution is 2.30. The summed E-state index contributed by atoms with van der Waals surface area (Å²) in [4.78, 5) is 33.4. The zero-order chi connectivity index (χ0) is 22.7. The van der Waals surface area contributed by atoms with Crippen molar-refractivity contribution in [1.29, 1.82) is 0 Å².